The Balaban J connectivity index is 1.32. The summed E-state index contributed by atoms with van der Waals surface area (Å²) >= 11 is 11.0. The molecule has 0 bridgehead atoms. The van der Waals surface area contributed by atoms with E-state index >= 15 is 0 Å². The Morgan fingerprint density at radius 2 is 1.84 bits per heavy atom. The van der Waals surface area contributed by atoms with Gasteiger partial charge in [0.2, 0.25) is 5.91 Å². The molecule has 3 aromatic carbocycles. The number of hydrogen-bond donors (Lipinski definition) is 2. The molecule has 1 heterocycles. The van der Waals surface area contributed by atoms with Gasteiger partial charge in [-0.1, -0.05) is 29.8 Å². The number of carbonyl (C=O) groups is 2. The lowest BCUT2D eigenvalue weighted by atomic mass is 10.2. The topological polar surface area (TPSA) is 89.0 Å². The second-order valence-electron chi connectivity index (χ2n) is 8.03. The molecule has 1 aromatic heterocycles. The number of halogens is 2. The standard InChI is InChI=1S/C28H23BrClN3O4S/c1-36-25-14-19(13-24(29)27(25)37-17-18-4-8-21(30)9-5-18)16-31-33-28(35)20-6-10-22(11-7-20)32-26(34)15-23-3-2-12-38-23/h2-14,16H,15,17H2,1H3,(H,32,34)(H,33,35)/b31-16-. The molecule has 0 aliphatic rings. The monoisotopic (exact) mass is 611 g/mol. The first-order chi connectivity index (χ1) is 18.4. The molecule has 0 spiro atoms. The number of nitrogens with zero attached hydrogens (tertiary/aromatic N) is 1. The molecule has 0 atom stereocenters. The third kappa shape index (κ3) is 7.67. The van der Waals surface area contributed by atoms with Gasteiger partial charge in [-0.15, -0.1) is 11.3 Å². The number of hydrogen-bond acceptors (Lipinski definition) is 6. The highest BCUT2D eigenvalue weighted by molar-refractivity contribution is 9.10. The summed E-state index contributed by atoms with van der Waals surface area (Å²) in [7, 11) is 1.55. The SMILES string of the molecule is COc1cc(/C=N\NC(=O)c2ccc(NC(=O)Cc3cccs3)cc2)cc(Br)c1OCc1ccc(Cl)cc1. The van der Waals surface area contributed by atoms with Crippen LogP contribution in [0.15, 0.2) is 87.8 Å². The van der Waals surface area contributed by atoms with Crippen LogP contribution in [0.5, 0.6) is 11.5 Å². The van der Waals surface area contributed by atoms with Crippen LogP contribution in [0.1, 0.15) is 26.4 Å². The van der Waals surface area contributed by atoms with Crippen molar-refractivity contribution in [2.45, 2.75) is 13.0 Å². The predicted molar refractivity (Wildman–Crippen MR) is 155 cm³/mol. The summed E-state index contributed by atoms with van der Waals surface area (Å²) < 4.78 is 12.1. The molecule has 2 N–H and O–H groups in total. The molecule has 0 saturated heterocycles. The van der Waals surface area contributed by atoms with E-state index in [0.29, 0.717) is 50.8 Å². The third-order valence-electron chi connectivity index (χ3n) is 5.27. The van der Waals surface area contributed by atoms with Crippen LogP contribution >= 0.6 is 38.9 Å². The van der Waals surface area contributed by atoms with Crippen LogP contribution in [0.25, 0.3) is 0 Å². The molecule has 0 aliphatic carbocycles. The van der Waals surface area contributed by atoms with Crippen LogP contribution in [-0.4, -0.2) is 25.1 Å². The molecule has 2 amide bonds. The van der Waals surface area contributed by atoms with Crippen molar-refractivity contribution in [3.8, 4) is 11.5 Å². The highest BCUT2D eigenvalue weighted by atomic mass is 79.9. The summed E-state index contributed by atoms with van der Waals surface area (Å²) in [6, 6.07) is 21.4. The highest BCUT2D eigenvalue weighted by Crippen LogP contribution is 2.37. The van der Waals surface area contributed by atoms with Crippen LogP contribution in [0.4, 0.5) is 5.69 Å². The minimum Gasteiger partial charge on any atom is -0.493 e. The van der Waals surface area contributed by atoms with Gasteiger partial charge in [-0.05, 0) is 87.0 Å². The Bertz CT molecular complexity index is 1430. The maximum Gasteiger partial charge on any atom is 0.271 e. The van der Waals surface area contributed by atoms with Gasteiger partial charge in [0, 0.05) is 21.2 Å². The number of rotatable bonds is 10. The Morgan fingerprint density at radius 3 is 2.53 bits per heavy atom. The van der Waals surface area contributed by atoms with Crippen molar-refractivity contribution >= 4 is 62.6 Å². The van der Waals surface area contributed by atoms with E-state index in [-0.39, 0.29) is 11.8 Å². The average molecular weight is 613 g/mol. The maximum atomic E-state index is 12.5. The minimum absolute atomic E-state index is 0.114. The quantitative estimate of drug-likeness (QED) is 0.154. The molecule has 0 radical (unpaired) electrons. The molecule has 7 nitrogen and oxygen atoms in total. The molecule has 0 unspecified atom stereocenters. The zero-order chi connectivity index (χ0) is 26.9. The minimum atomic E-state index is -0.383. The van der Waals surface area contributed by atoms with Crippen LogP contribution < -0.4 is 20.2 Å². The van der Waals surface area contributed by atoms with Crippen molar-refractivity contribution in [3.05, 3.63) is 109 Å². The Hall–Kier alpha value is -3.66. The first-order valence-corrected chi connectivity index (χ1v) is 13.5. The lowest BCUT2D eigenvalue weighted by Gasteiger charge is -2.13. The van der Waals surface area contributed by atoms with Crippen molar-refractivity contribution in [2.75, 3.05) is 12.4 Å². The van der Waals surface area contributed by atoms with Crippen molar-refractivity contribution in [3.63, 3.8) is 0 Å². The molecular formula is C28H23BrClN3O4S. The number of amides is 2. The number of thiophene rings is 1. The van der Waals surface area contributed by atoms with E-state index < -0.39 is 0 Å². The summed E-state index contributed by atoms with van der Waals surface area (Å²) in [4.78, 5) is 25.6. The third-order valence-corrected chi connectivity index (χ3v) is 6.99. The molecule has 0 fully saturated rings. The van der Waals surface area contributed by atoms with E-state index in [2.05, 4.69) is 31.8 Å². The number of nitrogens with one attached hydrogen (secondary N) is 2. The van der Waals surface area contributed by atoms with Gasteiger partial charge in [-0.3, -0.25) is 9.59 Å². The number of ether oxygens (including phenoxy) is 2. The van der Waals surface area contributed by atoms with Crippen LogP contribution in [-0.2, 0) is 17.8 Å². The number of benzene rings is 3. The fraction of sp³-hybridized carbons (Fsp3) is 0.107. The average Bonchev–Trinajstić information content (AvgIpc) is 3.42. The smallest absolute Gasteiger partial charge is 0.271 e. The van der Waals surface area contributed by atoms with Gasteiger partial charge in [0.05, 0.1) is 24.2 Å². The zero-order valence-corrected chi connectivity index (χ0v) is 23.4. The Morgan fingerprint density at radius 1 is 1.08 bits per heavy atom. The molecule has 4 rings (SSSR count). The fourth-order valence-electron chi connectivity index (χ4n) is 3.40. The van der Waals surface area contributed by atoms with E-state index in [9.17, 15) is 9.59 Å². The summed E-state index contributed by atoms with van der Waals surface area (Å²) in [5, 5.41) is 9.48. The summed E-state index contributed by atoms with van der Waals surface area (Å²) in [5.74, 6) is 0.563. The fourth-order valence-corrected chi connectivity index (χ4v) is 4.81. The second kappa shape index (κ2) is 13.2. The van der Waals surface area contributed by atoms with Gasteiger partial charge in [0.15, 0.2) is 11.5 Å². The van der Waals surface area contributed by atoms with Gasteiger partial charge < -0.3 is 14.8 Å². The van der Waals surface area contributed by atoms with Crippen LogP contribution in [0.3, 0.4) is 0 Å². The first kappa shape index (κ1) is 27.4. The summed E-state index contributed by atoms with van der Waals surface area (Å²) in [6.07, 6.45) is 1.82. The van der Waals surface area contributed by atoms with Crippen LogP contribution in [0, 0.1) is 0 Å². The van der Waals surface area contributed by atoms with Crippen molar-refractivity contribution in [1.82, 2.24) is 5.43 Å². The molecule has 38 heavy (non-hydrogen) atoms. The highest BCUT2D eigenvalue weighted by Gasteiger charge is 2.12. The van der Waals surface area contributed by atoms with E-state index in [1.165, 1.54) is 17.6 Å². The number of hydrazone groups is 1. The first-order valence-electron chi connectivity index (χ1n) is 11.4. The number of carbonyl (C=O) groups excluding carboxylic acids is 2. The van der Waals surface area contributed by atoms with Crippen LogP contribution in [0.2, 0.25) is 5.02 Å². The molecule has 194 valence electrons. The molecule has 0 saturated carbocycles. The van der Waals surface area contributed by atoms with Gasteiger partial charge in [0.1, 0.15) is 6.61 Å². The second-order valence-corrected chi connectivity index (χ2v) is 10.4. The lowest BCUT2D eigenvalue weighted by molar-refractivity contribution is -0.115. The zero-order valence-electron chi connectivity index (χ0n) is 20.2. The summed E-state index contributed by atoms with van der Waals surface area (Å²) in [6.45, 7) is 0.340. The molecule has 4 aromatic rings. The van der Waals surface area contributed by atoms with Crippen molar-refractivity contribution < 1.29 is 19.1 Å². The van der Waals surface area contributed by atoms with Gasteiger partial charge in [-0.2, -0.15) is 5.10 Å². The van der Waals surface area contributed by atoms with Crippen molar-refractivity contribution in [1.29, 1.82) is 0 Å². The maximum absolute atomic E-state index is 12.5. The van der Waals surface area contributed by atoms with E-state index in [1.54, 1.807) is 49.6 Å². The summed E-state index contributed by atoms with van der Waals surface area (Å²) in [5.41, 5.74) is 5.18. The molecular weight excluding hydrogens is 590 g/mol. The largest absolute Gasteiger partial charge is 0.493 e. The molecule has 10 heteroatoms. The lowest BCUT2D eigenvalue weighted by Crippen LogP contribution is -2.18. The van der Waals surface area contributed by atoms with Gasteiger partial charge in [0.25, 0.3) is 5.91 Å². The number of anilines is 1. The Kier molecular flexibility index (Phi) is 9.53. The number of methoxy groups -OCH3 is 1. The molecule has 0 aliphatic heterocycles. The predicted octanol–water partition coefficient (Wildman–Crippen LogP) is 6.70. The Labute approximate surface area is 237 Å². The normalized spacial score (nSPS) is 10.8. The van der Waals surface area contributed by atoms with Gasteiger partial charge >= 0.3 is 0 Å². The van der Waals surface area contributed by atoms with E-state index in [0.717, 1.165) is 10.4 Å². The van der Waals surface area contributed by atoms with Crippen molar-refractivity contribution in [2.24, 2.45) is 5.10 Å². The van der Waals surface area contributed by atoms with Gasteiger partial charge in [-0.25, -0.2) is 5.43 Å². The van der Waals surface area contributed by atoms with E-state index in [1.807, 2.05) is 35.7 Å². The van der Waals surface area contributed by atoms with E-state index in [4.69, 9.17) is 21.1 Å².